The van der Waals surface area contributed by atoms with Gasteiger partial charge in [0, 0.05) is 31.3 Å². The van der Waals surface area contributed by atoms with E-state index in [0.29, 0.717) is 0 Å². The molecule has 0 radical (unpaired) electrons. The monoisotopic (exact) mass is 565 g/mol. The van der Waals surface area contributed by atoms with Crippen LogP contribution in [0.3, 0.4) is 0 Å². The van der Waals surface area contributed by atoms with Crippen LogP contribution in [0.25, 0.3) is 76.1 Å². The number of thiophene rings is 1. The molecule has 2 heteroatoms. The van der Waals surface area contributed by atoms with Gasteiger partial charge in [-0.05, 0) is 75.8 Å². The van der Waals surface area contributed by atoms with Gasteiger partial charge in [-0.2, -0.15) is 0 Å². The van der Waals surface area contributed by atoms with Crippen molar-refractivity contribution in [1.82, 2.24) is 4.98 Å². The average molecular weight is 566 g/mol. The van der Waals surface area contributed by atoms with Gasteiger partial charge in [0.25, 0.3) is 0 Å². The maximum atomic E-state index is 5.16. The van der Waals surface area contributed by atoms with Crippen LogP contribution in [0.2, 0.25) is 0 Å². The van der Waals surface area contributed by atoms with E-state index >= 15 is 0 Å². The second-order valence-corrected chi connectivity index (χ2v) is 11.9. The Morgan fingerprint density at radius 2 is 0.744 bits per heavy atom. The quantitative estimate of drug-likeness (QED) is 0.202. The van der Waals surface area contributed by atoms with Gasteiger partial charge in [-0.1, -0.05) is 121 Å². The molecule has 0 aliphatic carbocycles. The van der Waals surface area contributed by atoms with Gasteiger partial charge in [0.05, 0.1) is 11.4 Å². The topological polar surface area (TPSA) is 12.9 Å². The molecule has 0 amide bonds. The zero-order valence-corrected chi connectivity index (χ0v) is 24.3. The molecule has 0 saturated heterocycles. The predicted molar refractivity (Wildman–Crippen MR) is 184 cm³/mol. The summed E-state index contributed by atoms with van der Waals surface area (Å²) in [7, 11) is 0. The van der Waals surface area contributed by atoms with Crippen LogP contribution in [0, 0.1) is 0 Å². The summed E-state index contributed by atoms with van der Waals surface area (Å²) in [6.45, 7) is 0. The van der Waals surface area contributed by atoms with Crippen LogP contribution >= 0.6 is 11.3 Å². The summed E-state index contributed by atoms with van der Waals surface area (Å²) in [6, 6.07) is 58.5. The Kier molecular flexibility index (Phi) is 6.40. The number of hydrogen-bond acceptors (Lipinski definition) is 2. The fourth-order valence-electron chi connectivity index (χ4n) is 5.86. The van der Waals surface area contributed by atoms with Crippen LogP contribution in [-0.2, 0) is 0 Å². The van der Waals surface area contributed by atoms with Gasteiger partial charge in [0.15, 0.2) is 0 Å². The number of aromatic nitrogens is 1. The van der Waals surface area contributed by atoms with Gasteiger partial charge in [-0.15, -0.1) is 11.3 Å². The Labute approximate surface area is 255 Å². The zero-order chi connectivity index (χ0) is 28.6. The number of rotatable bonds is 5. The number of nitrogens with zero attached hydrogens (tertiary/aromatic N) is 1. The number of hydrogen-bond donors (Lipinski definition) is 0. The first-order chi connectivity index (χ1) is 21.3. The van der Waals surface area contributed by atoms with Crippen molar-refractivity contribution in [3.05, 3.63) is 164 Å². The highest BCUT2D eigenvalue weighted by molar-refractivity contribution is 7.25. The summed E-state index contributed by atoms with van der Waals surface area (Å²) in [6.07, 6.45) is 0. The summed E-state index contributed by atoms with van der Waals surface area (Å²) in [5.41, 5.74) is 11.4. The van der Waals surface area contributed by atoms with E-state index < -0.39 is 0 Å². The lowest BCUT2D eigenvalue weighted by Crippen LogP contribution is -1.91. The molecule has 0 spiro atoms. The van der Waals surface area contributed by atoms with Gasteiger partial charge in [-0.3, -0.25) is 0 Å². The smallest absolute Gasteiger partial charge is 0.0715 e. The van der Waals surface area contributed by atoms with Crippen LogP contribution in [0.4, 0.5) is 0 Å². The molecule has 0 saturated carbocycles. The standard InChI is InChI=1S/C41H27NS/c1-4-11-28(12-5-1)32-19-21-40-36(24-32)37-25-33(20-22-41(37)43-40)31-17-10-18-34(23-31)39-27-35(29-13-6-2-7-14-29)26-38(42-39)30-15-8-3-9-16-30/h1-27H. The van der Waals surface area contributed by atoms with Crippen molar-refractivity contribution in [3.63, 3.8) is 0 Å². The molecule has 43 heavy (non-hydrogen) atoms. The molecule has 0 unspecified atom stereocenters. The van der Waals surface area contributed by atoms with Crippen molar-refractivity contribution >= 4 is 31.5 Å². The maximum absolute atomic E-state index is 5.16. The number of benzene rings is 6. The van der Waals surface area contributed by atoms with Crippen LogP contribution in [0.5, 0.6) is 0 Å². The van der Waals surface area contributed by atoms with Gasteiger partial charge >= 0.3 is 0 Å². The first-order valence-corrected chi connectivity index (χ1v) is 15.4. The van der Waals surface area contributed by atoms with E-state index in [1.807, 2.05) is 17.4 Å². The highest BCUT2D eigenvalue weighted by Gasteiger charge is 2.12. The summed E-state index contributed by atoms with van der Waals surface area (Å²) >= 11 is 1.86. The summed E-state index contributed by atoms with van der Waals surface area (Å²) in [5, 5.41) is 2.61. The Morgan fingerprint density at radius 3 is 1.35 bits per heavy atom. The Hall–Kier alpha value is -5.31. The first-order valence-electron chi connectivity index (χ1n) is 14.5. The predicted octanol–water partition coefficient (Wildman–Crippen LogP) is 11.8. The zero-order valence-electron chi connectivity index (χ0n) is 23.4. The highest BCUT2D eigenvalue weighted by Crippen LogP contribution is 2.39. The largest absolute Gasteiger partial charge is 0.248 e. The van der Waals surface area contributed by atoms with Gasteiger partial charge < -0.3 is 0 Å². The van der Waals surface area contributed by atoms with E-state index in [1.54, 1.807) is 0 Å². The van der Waals surface area contributed by atoms with Gasteiger partial charge in [0.2, 0.25) is 0 Å². The molecule has 1 nitrogen and oxygen atoms in total. The van der Waals surface area contributed by atoms with Crippen molar-refractivity contribution in [2.24, 2.45) is 0 Å². The molecule has 0 atom stereocenters. The molecule has 2 aromatic heterocycles. The van der Waals surface area contributed by atoms with Crippen LogP contribution in [-0.4, -0.2) is 4.98 Å². The number of pyridine rings is 1. The lowest BCUT2D eigenvalue weighted by atomic mass is 9.97. The molecule has 0 fully saturated rings. The molecule has 8 rings (SSSR count). The highest BCUT2D eigenvalue weighted by atomic mass is 32.1. The fraction of sp³-hybridized carbons (Fsp3) is 0. The van der Waals surface area contributed by atoms with Crippen molar-refractivity contribution in [1.29, 1.82) is 0 Å². The molecule has 202 valence electrons. The second kappa shape index (κ2) is 10.8. The third-order valence-corrected chi connectivity index (χ3v) is 9.22. The second-order valence-electron chi connectivity index (χ2n) is 10.8. The van der Waals surface area contributed by atoms with Crippen molar-refractivity contribution < 1.29 is 0 Å². The summed E-state index contributed by atoms with van der Waals surface area (Å²) in [4.78, 5) is 5.16. The minimum Gasteiger partial charge on any atom is -0.248 e. The van der Waals surface area contributed by atoms with Gasteiger partial charge in [0.1, 0.15) is 0 Å². The molecular formula is C41H27NS. The fourth-order valence-corrected chi connectivity index (χ4v) is 6.92. The van der Waals surface area contributed by atoms with E-state index in [-0.39, 0.29) is 0 Å². The van der Waals surface area contributed by atoms with E-state index in [9.17, 15) is 0 Å². The molecule has 0 bridgehead atoms. The lowest BCUT2D eigenvalue weighted by molar-refractivity contribution is 1.32. The minimum atomic E-state index is 0.969. The van der Waals surface area contributed by atoms with E-state index in [0.717, 1.165) is 28.1 Å². The SMILES string of the molecule is c1ccc(-c2cc(-c3ccccc3)nc(-c3cccc(-c4ccc5sc6ccc(-c7ccccc7)cc6c5c4)c3)c2)cc1. The molecule has 8 aromatic rings. The van der Waals surface area contributed by atoms with Crippen LogP contribution in [0.15, 0.2) is 164 Å². The molecular weight excluding hydrogens is 539 g/mol. The van der Waals surface area contributed by atoms with Crippen molar-refractivity contribution in [2.75, 3.05) is 0 Å². The summed E-state index contributed by atoms with van der Waals surface area (Å²) < 4.78 is 2.63. The van der Waals surface area contributed by atoms with Crippen molar-refractivity contribution in [2.45, 2.75) is 0 Å². The molecule has 0 aliphatic heterocycles. The third-order valence-electron chi connectivity index (χ3n) is 8.07. The Balaban J connectivity index is 1.23. The first kappa shape index (κ1) is 25.4. The van der Waals surface area contributed by atoms with E-state index in [4.69, 9.17) is 4.98 Å². The summed E-state index contributed by atoms with van der Waals surface area (Å²) in [5.74, 6) is 0. The van der Waals surface area contributed by atoms with Crippen LogP contribution < -0.4 is 0 Å². The van der Waals surface area contributed by atoms with E-state index in [2.05, 4.69) is 158 Å². The molecule has 2 heterocycles. The maximum Gasteiger partial charge on any atom is 0.0715 e. The number of fused-ring (bicyclic) bond motifs is 3. The van der Waals surface area contributed by atoms with Crippen molar-refractivity contribution in [3.8, 4) is 55.9 Å². The molecule has 0 N–H and O–H groups in total. The molecule has 6 aromatic carbocycles. The molecule has 0 aliphatic rings. The van der Waals surface area contributed by atoms with E-state index in [1.165, 1.54) is 48.0 Å². The third kappa shape index (κ3) is 4.92. The van der Waals surface area contributed by atoms with Crippen LogP contribution in [0.1, 0.15) is 0 Å². The average Bonchev–Trinajstić information content (AvgIpc) is 3.46. The Bertz CT molecular complexity index is 2160. The lowest BCUT2D eigenvalue weighted by Gasteiger charge is -2.11. The Morgan fingerprint density at radius 1 is 0.302 bits per heavy atom. The minimum absolute atomic E-state index is 0.969. The normalized spacial score (nSPS) is 11.3. The van der Waals surface area contributed by atoms with Gasteiger partial charge in [-0.25, -0.2) is 4.98 Å².